The summed E-state index contributed by atoms with van der Waals surface area (Å²) in [7, 11) is 2.12. The number of likely N-dealkylation sites (N-methyl/N-ethyl adjacent to an activating group) is 1. The Labute approximate surface area is 142 Å². The number of aromatic nitrogens is 1. The molecule has 1 aromatic heterocycles. The maximum Gasteiger partial charge on any atom is 0.256 e. The number of aromatic amines is 1. The molecular weight excluding hydrogens is 302 g/mol. The number of nitrogens with zero attached hydrogens (tertiary/aromatic N) is 2. The van der Waals surface area contributed by atoms with Crippen molar-refractivity contribution in [1.82, 2.24) is 14.8 Å². The monoisotopic (exact) mass is 327 g/mol. The van der Waals surface area contributed by atoms with Gasteiger partial charge in [-0.3, -0.25) is 4.79 Å². The molecule has 0 radical (unpaired) electrons. The van der Waals surface area contributed by atoms with Crippen molar-refractivity contribution < 1.29 is 9.90 Å². The lowest BCUT2D eigenvalue weighted by molar-refractivity contribution is -0.0601. The quantitative estimate of drug-likeness (QED) is 0.888. The number of amides is 1. The van der Waals surface area contributed by atoms with Gasteiger partial charge in [0.15, 0.2) is 0 Å². The van der Waals surface area contributed by atoms with Crippen molar-refractivity contribution in [3.8, 4) is 0 Å². The van der Waals surface area contributed by atoms with Gasteiger partial charge in [0.05, 0.1) is 12.2 Å². The summed E-state index contributed by atoms with van der Waals surface area (Å²) < 4.78 is 0. The second-order valence-electron chi connectivity index (χ2n) is 7.37. The zero-order valence-electron chi connectivity index (χ0n) is 14.2. The number of aliphatic hydroxyl groups excluding tert-OH is 1. The van der Waals surface area contributed by atoms with E-state index in [1.165, 1.54) is 0 Å². The van der Waals surface area contributed by atoms with Gasteiger partial charge < -0.3 is 19.9 Å². The van der Waals surface area contributed by atoms with Crippen LogP contribution in [0.5, 0.6) is 0 Å². The number of carbonyl (C=O) groups excluding carboxylic acids is 1. The van der Waals surface area contributed by atoms with Crippen molar-refractivity contribution in [2.75, 3.05) is 33.3 Å². The van der Waals surface area contributed by atoms with E-state index in [0.29, 0.717) is 6.54 Å². The molecular formula is C19H25N3O2. The van der Waals surface area contributed by atoms with E-state index in [-0.39, 0.29) is 24.0 Å². The van der Waals surface area contributed by atoms with E-state index >= 15 is 0 Å². The van der Waals surface area contributed by atoms with Crippen LogP contribution in [0, 0.1) is 5.41 Å². The molecule has 5 nitrogen and oxygen atoms in total. The molecule has 0 bridgehead atoms. The number of H-pyrrole nitrogens is 1. The van der Waals surface area contributed by atoms with E-state index in [4.69, 9.17) is 0 Å². The summed E-state index contributed by atoms with van der Waals surface area (Å²) in [6.07, 6.45) is 4.90. The third-order valence-electron chi connectivity index (χ3n) is 6.12. The molecule has 0 unspecified atom stereocenters. The summed E-state index contributed by atoms with van der Waals surface area (Å²) in [4.78, 5) is 20.6. The number of likely N-dealkylation sites (tertiary alicyclic amines) is 2. The minimum absolute atomic E-state index is 0.0377. The van der Waals surface area contributed by atoms with Gasteiger partial charge >= 0.3 is 0 Å². The minimum atomic E-state index is -0.0377. The molecule has 2 aromatic rings. The predicted octanol–water partition coefficient (Wildman–Crippen LogP) is 2.09. The van der Waals surface area contributed by atoms with Crippen LogP contribution in [0.2, 0.25) is 0 Å². The highest BCUT2D eigenvalue weighted by molar-refractivity contribution is 6.06. The Bertz CT molecular complexity index is 756. The molecule has 128 valence electrons. The van der Waals surface area contributed by atoms with Gasteiger partial charge in [0, 0.05) is 41.6 Å². The van der Waals surface area contributed by atoms with Crippen LogP contribution in [0.4, 0.5) is 0 Å². The summed E-state index contributed by atoms with van der Waals surface area (Å²) in [5, 5.41) is 11.0. The second-order valence-corrected chi connectivity index (χ2v) is 7.37. The zero-order valence-corrected chi connectivity index (χ0v) is 14.2. The number of nitrogens with one attached hydrogen (secondary N) is 1. The first-order valence-electron chi connectivity index (χ1n) is 8.81. The zero-order chi connectivity index (χ0) is 16.7. The molecule has 2 saturated heterocycles. The molecule has 0 spiro atoms. The average molecular weight is 327 g/mol. The first-order chi connectivity index (χ1) is 11.6. The van der Waals surface area contributed by atoms with E-state index < -0.39 is 0 Å². The highest BCUT2D eigenvalue weighted by Crippen LogP contribution is 2.41. The van der Waals surface area contributed by atoms with Crippen molar-refractivity contribution in [2.45, 2.75) is 25.3 Å². The summed E-state index contributed by atoms with van der Waals surface area (Å²) in [6, 6.07) is 8.18. The molecule has 2 atom stereocenters. The summed E-state index contributed by atoms with van der Waals surface area (Å²) in [6.45, 7) is 2.69. The Morgan fingerprint density at radius 3 is 3.00 bits per heavy atom. The number of hydrogen-bond acceptors (Lipinski definition) is 3. The molecule has 24 heavy (non-hydrogen) atoms. The number of hydrogen-bond donors (Lipinski definition) is 2. The Balaban J connectivity index is 1.60. The Morgan fingerprint density at radius 1 is 1.33 bits per heavy atom. The number of carbonyl (C=O) groups is 1. The summed E-state index contributed by atoms with van der Waals surface area (Å²) in [5.41, 5.74) is 1.71. The highest BCUT2D eigenvalue weighted by atomic mass is 16.3. The maximum absolute atomic E-state index is 13.1. The molecule has 1 aromatic carbocycles. The number of para-hydroxylation sites is 1. The molecule has 2 aliphatic heterocycles. The molecule has 4 rings (SSSR count). The molecule has 2 aliphatic rings. The number of rotatable bonds is 2. The largest absolute Gasteiger partial charge is 0.396 e. The number of piperidine rings is 2. The van der Waals surface area contributed by atoms with Gasteiger partial charge in [-0.25, -0.2) is 0 Å². The van der Waals surface area contributed by atoms with Gasteiger partial charge in [0.25, 0.3) is 5.91 Å². The van der Waals surface area contributed by atoms with Gasteiger partial charge in [0.1, 0.15) is 0 Å². The fourth-order valence-corrected chi connectivity index (χ4v) is 4.62. The van der Waals surface area contributed by atoms with Crippen LogP contribution in [0.1, 0.15) is 29.6 Å². The van der Waals surface area contributed by atoms with E-state index in [1.807, 2.05) is 35.4 Å². The minimum Gasteiger partial charge on any atom is -0.396 e. The highest BCUT2D eigenvalue weighted by Gasteiger charge is 2.47. The Hall–Kier alpha value is -1.85. The normalized spacial score (nSPS) is 28.1. The first-order valence-corrected chi connectivity index (χ1v) is 8.81. The van der Waals surface area contributed by atoms with Crippen molar-refractivity contribution in [3.05, 3.63) is 36.0 Å². The molecule has 2 N–H and O–H groups in total. The third kappa shape index (κ3) is 2.34. The van der Waals surface area contributed by atoms with Crippen LogP contribution >= 0.6 is 0 Å². The van der Waals surface area contributed by atoms with E-state index in [9.17, 15) is 9.90 Å². The lowest BCUT2D eigenvalue weighted by Gasteiger charge is -2.53. The third-order valence-corrected chi connectivity index (χ3v) is 6.12. The maximum atomic E-state index is 13.1. The van der Waals surface area contributed by atoms with Crippen molar-refractivity contribution >= 4 is 16.8 Å². The standard InChI is InChI=1S/C19H25N3O2/c1-21-9-4-7-19(13-23)8-10-22(12-17(19)21)18(24)15-11-20-16-6-3-2-5-14(15)16/h2-3,5-6,11,17,20,23H,4,7-10,12-13H2,1H3/t17-,19-/m1/s1. The van der Waals surface area contributed by atoms with Gasteiger partial charge in [-0.15, -0.1) is 0 Å². The van der Waals surface area contributed by atoms with Crippen LogP contribution in [0.3, 0.4) is 0 Å². The van der Waals surface area contributed by atoms with Gasteiger partial charge in [0.2, 0.25) is 0 Å². The fraction of sp³-hybridized carbons (Fsp3) is 0.526. The van der Waals surface area contributed by atoms with E-state index in [0.717, 1.165) is 48.8 Å². The molecule has 1 amide bonds. The SMILES string of the molecule is CN1CCC[C@]2(CO)CCN(C(=O)c3c[nH]c4ccccc34)C[C@@H]12. The van der Waals surface area contributed by atoms with Gasteiger partial charge in [-0.05, 0) is 38.9 Å². The Kier molecular flexibility index (Phi) is 3.85. The average Bonchev–Trinajstić information content (AvgIpc) is 3.05. The molecule has 5 heteroatoms. The van der Waals surface area contributed by atoms with Crippen LogP contribution < -0.4 is 0 Å². The molecule has 0 saturated carbocycles. The number of fused-ring (bicyclic) bond motifs is 2. The van der Waals surface area contributed by atoms with Crippen LogP contribution in [-0.2, 0) is 0 Å². The van der Waals surface area contributed by atoms with Crippen LogP contribution in [0.25, 0.3) is 10.9 Å². The van der Waals surface area contributed by atoms with Crippen LogP contribution in [0.15, 0.2) is 30.5 Å². The van der Waals surface area contributed by atoms with Crippen LogP contribution in [-0.4, -0.2) is 65.1 Å². The second kappa shape index (κ2) is 5.90. The van der Waals surface area contributed by atoms with Gasteiger partial charge in [-0.2, -0.15) is 0 Å². The topological polar surface area (TPSA) is 59.6 Å². The van der Waals surface area contributed by atoms with Gasteiger partial charge in [-0.1, -0.05) is 18.2 Å². The fourth-order valence-electron chi connectivity index (χ4n) is 4.62. The molecule has 2 fully saturated rings. The van der Waals surface area contributed by atoms with E-state index in [1.54, 1.807) is 0 Å². The van der Waals surface area contributed by atoms with Crippen molar-refractivity contribution in [3.63, 3.8) is 0 Å². The number of benzene rings is 1. The molecule has 3 heterocycles. The lowest BCUT2D eigenvalue weighted by Crippen LogP contribution is -2.62. The smallest absolute Gasteiger partial charge is 0.256 e. The first kappa shape index (κ1) is 15.7. The predicted molar refractivity (Wildman–Crippen MR) is 94.0 cm³/mol. The summed E-state index contributed by atoms with van der Waals surface area (Å²) in [5.74, 6) is 0.0953. The molecule has 0 aliphatic carbocycles. The van der Waals surface area contributed by atoms with Crippen molar-refractivity contribution in [2.24, 2.45) is 5.41 Å². The van der Waals surface area contributed by atoms with Crippen molar-refractivity contribution in [1.29, 1.82) is 0 Å². The Morgan fingerprint density at radius 2 is 2.17 bits per heavy atom. The number of aliphatic hydroxyl groups is 1. The lowest BCUT2D eigenvalue weighted by atomic mass is 9.69. The summed E-state index contributed by atoms with van der Waals surface area (Å²) >= 11 is 0. The van der Waals surface area contributed by atoms with E-state index in [2.05, 4.69) is 16.9 Å².